The van der Waals surface area contributed by atoms with Crippen LogP contribution in [0.25, 0.3) is 0 Å². The van der Waals surface area contributed by atoms with Gasteiger partial charge in [0.25, 0.3) is 5.91 Å². The van der Waals surface area contributed by atoms with Gasteiger partial charge in [0, 0.05) is 18.4 Å². The first-order valence-corrected chi connectivity index (χ1v) is 12.0. The third kappa shape index (κ3) is 7.37. The van der Waals surface area contributed by atoms with Gasteiger partial charge in [0.2, 0.25) is 11.9 Å². The highest BCUT2D eigenvalue weighted by molar-refractivity contribution is 7.86. The average molecular weight is 514 g/mol. The molecule has 1 aromatic heterocycles. The van der Waals surface area contributed by atoms with Crippen LogP contribution in [0.5, 0.6) is 5.75 Å². The molecule has 5 N–H and O–H groups in total. The zero-order valence-electron chi connectivity index (χ0n) is 18.8. The number of nitrogens with two attached hydrogens (primary N) is 1. The van der Waals surface area contributed by atoms with Crippen molar-refractivity contribution >= 4 is 45.1 Å². The number of carbonyl (C=O) groups is 2. The van der Waals surface area contributed by atoms with E-state index in [0.717, 1.165) is 6.26 Å². The maximum absolute atomic E-state index is 13.5. The smallest absolute Gasteiger partial charge is 0.306 e. The Morgan fingerprint density at radius 3 is 2.67 bits per heavy atom. The third-order valence-electron chi connectivity index (χ3n) is 4.39. The van der Waals surface area contributed by atoms with Crippen LogP contribution < -0.4 is 25.9 Å². The highest BCUT2D eigenvalue weighted by Crippen LogP contribution is 2.30. The molecule has 0 atom stereocenters. The number of nitrogens with zero attached hydrogens (tertiary/aromatic N) is 3. The van der Waals surface area contributed by atoms with Crippen LogP contribution >= 0.6 is 0 Å². The normalized spacial score (nSPS) is 10.7. The van der Waals surface area contributed by atoms with E-state index in [1.165, 1.54) is 36.5 Å². The molecule has 0 aliphatic carbocycles. The van der Waals surface area contributed by atoms with Gasteiger partial charge in [-0.3, -0.25) is 9.59 Å². The summed E-state index contributed by atoms with van der Waals surface area (Å²) >= 11 is 0. The van der Waals surface area contributed by atoms with Crippen molar-refractivity contribution in [3.8, 4) is 11.8 Å². The molecule has 0 fully saturated rings. The van der Waals surface area contributed by atoms with E-state index in [-0.39, 0.29) is 35.3 Å². The monoisotopic (exact) mass is 513 g/mol. The number of primary amides is 1. The standard InChI is InChI=1S/C22H20FN7O5S/c1-36(33,34)35-18-6-5-15(10-17(18)29-19(31)7-8-24)28-22-27-12-16(20(25)32)21(30-22)26-11-13-3-2-4-14(23)9-13/h2-6,9-10,12H,7,11H2,1H3,(H2,25,32)(H,29,31)(H2,26,27,28,30). The van der Waals surface area contributed by atoms with Crippen molar-refractivity contribution in [3.63, 3.8) is 0 Å². The topological polar surface area (TPSA) is 189 Å². The van der Waals surface area contributed by atoms with Crippen LogP contribution in [0.4, 0.5) is 27.5 Å². The van der Waals surface area contributed by atoms with Gasteiger partial charge in [-0.25, -0.2) is 9.37 Å². The van der Waals surface area contributed by atoms with E-state index in [9.17, 15) is 22.4 Å². The SMILES string of the molecule is CS(=O)(=O)Oc1ccc(Nc2ncc(C(N)=O)c(NCc3cccc(F)c3)n2)cc1NC(=O)CC#N. The lowest BCUT2D eigenvalue weighted by Gasteiger charge is -2.14. The maximum Gasteiger partial charge on any atom is 0.306 e. The lowest BCUT2D eigenvalue weighted by Crippen LogP contribution is -2.17. The van der Waals surface area contributed by atoms with Crippen LogP contribution in [0.2, 0.25) is 0 Å². The summed E-state index contributed by atoms with van der Waals surface area (Å²) in [4.78, 5) is 32.0. The fraction of sp³-hybridized carbons (Fsp3) is 0.136. The van der Waals surface area contributed by atoms with Crippen LogP contribution in [-0.4, -0.2) is 36.5 Å². The second kappa shape index (κ2) is 11.1. The molecule has 0 radical (unpaired) electrons. The number of rotatable bonds is 10. The zero-order chi connectivity index (χ0) is 26.3. The van der Waals surface area contributed by atoms with Crippen LogP contribution in [0, 0.1) is 17.1 Å². The van der Waals surface area contributed by atoms with Gasteiger partial charge in [0.05, 0.1) is 23.6 Å². The van der Waals surface area contributed by atoms with Gasteiger partial charge in [0.1, 0.15) is 18.1 Å². The summed E-state index contributed by atoms with van der Waals surface area (Å²) in [5.74, 6) is -1.95. The van der Waals surface area contributed by atoms with Gasteiger partial charge >= 0.3 is 10.1 Å². The van der Waals surface area contributed by atoms with E-state index >= 15 is 0 Å². The Morgan fingerprint density at radius 1 is 1.22 bits per heavy atom. The van der Waals surface area contributed by atoms with E-state index in [2.05, 4.69) is 25.9 Å². The lowest BCUT2D eigenvalue weighted by atomic mass is 10.2. The number of nitrogens with one attached hydrogen (secondary N) is 3. The first kappa shape index (κ1) is 25.8. The Bertz CT molecular complexity index is 1460. The van der Waals surface area contributed by atoms with E-state index in [4.69, 9.17) is 15.2 Å². The molecule has 2 amide bonds. The number of hydrogen-bond donors (Lipinski definition) is 4. The summed E-state index contributed by atoms with van der Waals surface area (Å²) in [6.45, 7) is 0.140. The van der Waals surface area contributed by atoms with Gasteiger partial charge in [-0.05, 0) is 35.9 Å². The molecule has 0 aliphatic heterocycles. The fourth-order valence-electron chi connectivity index (χ4n) is 2.93. The minimum Gasteiger partial charge on any atom is -0.380 e. The molecule has 3 aromatic rings. The first-order valence-electron chi connectivity index (χ1n) is 10.2. The lowest BCUT2D eigenvalue weighted by molar-refractivity contribution is -0.115. The van der Waals surface area contributed by atoms with Gasteiger partial charge in [-0.2, -0.15) is 18.7 Å². The zero-order valence-corrected chi connectivity index (χ0v) is 19.6. The Hall–Kier alpha value is -4.77. The molecule has 0 spiro atoms. The molecule has 0 saturated heterocycles. The van der Waals surface area contributed by atoms with E-state index in [0.29, 0.717) is 11.3 Å². The van der Waals surface area contributed by atoms with Crippen molar-refractivity contribution < 1.29 is 26.6 Å². The Morgan fingerprint density at radius 2 is 2.00 bits per heavy atom. The second-order valence-corrected chi connectivity index (χ2v) is 8.88. The Balaban J connectivity index is 1.88. The molecule has 36 heavy (non-hydrogen) atoms. The van der Waals surface area contributed by atoms with Gasteiger partial charge in [-0.1, -0.05) is 12.1 Å². The van der Waals surface area contributed by atoms with Crippen molar-refractivity contribution in [2.24, 2.45) is 5.73 Å². The number of amides is 2. The fourth-order valence-corrected chi connectivity index (χ4v) is 3.40. The molecule has 0 aliphatic rings. The van der Waals surface area contributed by atoms with Crippen LogP contribution in [0.3, 0.4) is 0 Å². The number of halogens is 1. The summed E-state index contributed by atoms with van der Waals surface area (Å²) in [6, 6.07) is 11.6. The van der Waals surface area contributed by atoms with Gasteiger partial charge in [0.15, 0.2) is 5.75 Å². The maximum atomic E-state index is 13.5. The van der Waals surface area contributed by atoms with Crippen molar-refractivity contribution in [1.82, 2.24) is 9.97 Å². The van der Waals surface area contributed by atoms with Crippen molar-refractivity contribution in [3.05, 3.63) is 65.6 Å². The molecule has 12 nitrogen and oxygen atoms in total. The number of anilines is 4. The van der Waals surface area contributed by atoms with E-state index in [1.807, 2.05) is 0 Å². The quantitative estimate of drug-likeness (QED) is 0.293. The molecule has 2 aromatic carbocycles. The highest BCUT2D eigenvalue weighted by atomic mass is 32.2. The Kier molecular flexibility index (Phi) is 7.97. The predicted octanol–water partition coefficient (Wildman–Crippen LogP) is 2.26. The summed E-state index contributed by atoms with van der Waals surface area (Å²) in [5.41, 5.74) is 6.28. The van der Waals surface area contributed by atoms with Crippen molar-refractivity contribution in [2.75, 3.05) is 22.2 Å². The predicted molar refractivity (Wildman–Crippen MR) is 128 cm³/mol. The number of hydrogen-bond acceptors (Lipinski definition) is 10. The number of nitriles is 1. The molecular formula is C22H20FN7O5S. The second-order valence-electron chi connectivity index (χ2n) is 7.31. The van der Waals surface area contributed by atoms with Crippen molar-refractivity contribution in [2.45, 2.75) is 13.0 Å². The molecule has 3 rings (SSSR count). The molecule has 186 valence electrons. The van der Waals surface area contributed by atoms with Gasteiger partial charge in [-0.15, -0.1) is 0 Å². The molecule has 0 bridgehead atoms. The minimum atomic E-state index is -3.91. The Labute approximate surface area is 205 Å². The summed E-state index contributed by atoms with van der Waals surface area (Å²) in [7, 11) is -3.91. The van der Waals surface area contributed by atoms with E-state index in [1.54, 1.807) is 18.2 Å². The summed E-state index contributed by atoms with van der Waals surface area (Å²) in [6.07, 6.45) is 1.57. The summed E-state index contributed by atoms with van der Waals surface area (Å²) < 4.78 is 41.5. The van der Waals surface area contributed by atoms with Crippen LogP contribution in [-0.2, 0) is 21.5 Å². The third-order valence-corrected chi connectivity index (χ3v) is 4.88. The highest BCUT2D eigenvalue weighted by Gasteiger charge is 2.16. The average Bonchev–Trinajstić information content (AvgIpc) is 2.79. The van der Waals surface area contributed by atoms with Gasteiger partial charge < -0.3 is 25.9 Å². The molecule has 14 heteroatoms. The first-order chi connectivity index (χ1) is 17.0. The largest absolute Gasteiger partial charge is 0.380 e. The summed E-state index contributed by atoms with van der Waals surface area (Å²) in [5, 5.41) is 16.9. The molecule has 1 heterocycles. The molecular weight excluding hydrogens is 493 g/mol. The number of benzene rings is 2. The number of aromatic nitrogens is 2. The number of carbonyl (C=O) groups excluding carboxylic acids is 2. The van der Waals surface area contributed by atoms with Crippen LogP contribution in [0.1, 0.15) is 22.3 Å². The molecule has 0 saturated carbocycles. The van der Waals surface area contributed by atoms with E-state index < -0.39 is 34.2 Å². The van der Waals surface area contributed by atoms with Crippen molar-refractivity contribution in [1.29, 1.82) is 5.26 Å². The van der Waals surface area contributed by atoms with Crippen LogP contribution in [0.15, 0.2) is 48.7 Å². The minimum absolute atomic E-state index is 0.00157. The molecule has 0 unspecified atom stereocenters.